The Kier molecular flexibility index (Phi) is 10.1. The van der Waals surface area contributed by atoms with Gasteiger partial charge < -0.3 is 20.1 Å². The second-order valence-corrected chi connectivity index (χ2v) is 7.27. The van der Waals surface area contributed by atoms with Crippen molar-refractivity contribution in [2.24, 2.45) is 0 Å². The molecule has 0 saturated carbocycles. The van der Waals surface area contributed by atoms with Gasteiger partial charge in [-0.3, -0.25) is 10.7 Å². The molecular weight excluding hydrogens is 519 g/mol. The molecule has 0 aliphatic heterocycles. The summed E-state index contributed by atoms with van der Waals surface area (Å²) >= 11 is 5.73. The first-order valence-corrected chi connectivity index (χ1v) is 9.94. The van der Waals surface area contributed by atoms with Crippen LogP contribution in [0.4, 0.5) is 17.1 Å². The quantitative estimate of drug-likeness (QED) is 0.285. The molecule has 1 radical (unpaired) electrons. The summed E-state index contributed by atoms with van der Waals surface area (Å²) in [5.41, 5.74) is 12.4. The Morgan fingerprint density at radius 2 is 1.73 bits per heavy atom. The number of anilines is 2. The van der Waals surface area contributed by atoms with Crippen molar-refractivity contribution in [1.82, 2.24) is 9.97 Å². The minimum absolute atomic E-state index is 0. The second kappa shape index (κ2) is 12.6. The van der Waals surface area contributed by atoms with E-state index in [1.54, 1.807) is 42.5 Å². The standard InChI is InChI=1S/C16H15N4O.C7H8ClNO2.Y/c1-20(2)12-5-8-14-15(9-12)18-10-19-16(14)21-13-6-3-11(17)4-7-13;1-11-7-3-2-5(9-10)4-6(7)8;/h3-10,17H,1-2H3;2-4,9-10H,1H3;/q-1;;. The predicted molar refractivity (Wildman–Crippen MR) is 128 cm³/mol. The van der Waals surface area contributed by atoms with Crippen LogP contribution in [0.15, 0.2) is 67.0 Å². The van der Waals surface area contributed by atoms with Crippen molar-refractivity contribution in [1.29, 1.82) is 0 Å². The van der Waals surface area contributed by atoms with Gasteiger partial charge in [-0.15, -0.1) is 5.69 Å². The van der Waals surface area contributed by atoms with Crippen LogP contribution in [-0.4, -0.2) is 36.4 Å². The molecular formula is C23H23ClN5O3Y-. The fourth-order valence-electron chi connectivity index (χ4n) is 2.75. The van der Waals surface area contributed by atoms with E-state index in [9.17, 15) is 0 Å². The van der Waals surface area contributed by atoms with Crippen molar-refractivity contribution < 1.29 is 47.4 Å². The molecule has 0 amide bonds. The fourth-order valence-corrected chi connectivity index (χ4v) is 3.01. The van der Waals surface area contributed by atoms with E-state index in [0.717, 1.165) is 16.6 Å². The van der Waals surface area contributed by atoms with Crippen molar-refractivity contribution in [2.75, 3.05) is 31.6 Å². The van der Waals surface area contributed by atoms with Gasteiger partial charge in [0.25, 0.3) is 0 Å². The van der Waals surface area contributed by atoms with Crippen LogP contribution in [-0.2, 0) is 32.7 Å². The van der Waals surface area contributed by atoms with E-state index in [1.165, 1.54) is 13.4 Å². The van der Waals surface area contributed by atoms with Crippen molar-refractivity contribution in [3.8, 4) is 17.4 Å². The number of methoxy groups -OCH3 is 1. The van der Waals surface area contributed by atoms with Crippen LogP contribution < -0.4 is 19.9 Å². The Morgan fingerprint density at radius 3 is 2.33 bits per heavy atom. The molecule has 0 aliphatic rings. The maximum atomic E-state index is 8.48. The smallest absolute Gasteiger partial charge is 0.230 e. The Morgan fingerprint density at radius 1 is 1.00 bits per heavy atom. The number of hydrogen-bond donors (Lipinski definition) is 2. The SMILES string of the molecule is CN(C)c1ccc2c(Oc3ccc([NH-])cc3)ncnc2c1.COc1ccc(NO)cc1Cl.[Y]. The monoisotopic (exact) mass is 541 g/mol. The van der Waals surface area contributed by atoms with Crippen LogP contribution in [0.3, 0.4) is 0 Å². The first kappa shape index (κ1) is 26.6. The summed E-state index contributed by atoms with van der Waals surface area (Å²) in [6.45, 7) is 0. The maximum absolute atomic E-state index is 8.48. The molecule has 0 atom stereocenters. The van der Waals surface area contributed by atoms with Gasteiger partial charge in [-0.1, -0.05) is 23.7 Å². The Labute approximate surface area is 222 Å². The summed E-state index contributed by atoms with van der Waals surface area (Å²) < 4.78 is 10.7. The maximum Gasteiger partial charge on any atom is 0.230 e. The second-order valence-electron chi connectivity index (χ2n) is 6.86. The number of benzene rings is 3. The van der Waals surface area contributed by atoms with Gasteiger partial charge in [0, 0.05) is 52.5 Å². The molecule has 3 N–H and O–H groups in total. The van der Waals surface area contributed by atoms with Crippen LogP contribution in [0, 0.1) is 0 Å². The Hall–Kier alpha value is -2.65. The normalized spacial score (nSPS) is 9.85. The molecule has 169 valence electrons. The minimum Gasteiger partial charge on any atom is -0.699 e. The molecule has 1 heterocycles. The molecule has 4 aromatic rings. The zero-order chi connectivity index (χ0) is 23.1. The molecule has 0 spiro atoms. The van der Waals surface area contributed by atoms with Gasteiger partial charge in [0.1, 0.15) is 17.8 Å². The van der Waals surface area contributed by atoms with Gasteiger partial charge in [-0.25, -0.2) is 9.97 Å². The molecule has 10 heteroatoms. The summed E-state index contributed by atoms with van der Waals surface area (Å²) in [7, 11) is 5.51. The first-order valence-electron chi connectivity index (χ1n) is 9.56. The van der Waals surface area contributed by atoms with E-state index < -0.39 is 0 Å². The third kappa shape index (κ3) is 7.17. The molecule has 0 fully saturated rings. The van der Waals surface area contributed by atoms with Crippen LogP contribution in [0.5, 0.6) is 17.4 Å². The number of hydrogen-bond acceptors (Lipinski definition) is 7. The summed E-state index contributed by atoms with van der Waals surface area (Å²) in [4.78, 5) is 10.5. The number of fused-ring (bicyclic) bond motifs is 1. The van der Waals surface area contributed by atoms with E-state index in [-0.39, 0.29) is 32.7 Å². The summed E-state index contributed by atoms with van der Waals surface area (Å²) in [6, 6.07) is 17.7. The van der Waals surface area contributed by atoms with Gasteiger partial charge in [0.2, 0.25) is 5.88 Å². The molecule has 0 unspecified atom stereocenters. The van der Waals surface area contributed by atoms with Gasteiger partial charge >= 0.3 is 0 Å². The minimum atomic E-state index is 0. The predicted octanol–water partition coefficient (Wildman–Crippen LogP) is 6.32. The van der Waals surface area contributed by atoms with Gasteiger partial charge in [-0.05, 0) is 48.5 Å². The molecule has 0 bridgehead atoms. The average Bonchev–Trinajstić information content (AvgIpc) is 2.80. The summed E-state index contributed by atoms with van der Waals surface area (Å²) in [5.74, 6) is 1.76. The number of aromatic nitrogens is 2. The molecule has 0 aliphatic carbocycles. The van der Waals surface area contributed by atoms with Crippen molar-refractivity contribution in [3.63, 3.8) is 0 Å². The molecule has 4 rings (SSSR count). The van der Waals surface area contributed by atoms with E-state index in [0.29, 0.717) is 33.8 Å². The van der Waals surface area contributed by atoms with E-state index >= 15 is 0 Å². The Bertz CT molecular complexity index is 1190. The molecule has 1 aromatic heterocycles. The third-order valence-corrected chi connectivity index (χ3v) is 4.75. The van der Waals surface area contributed by atoms with Crippen LogP contribution >= 0.6 is 11.6 Å². The summed E-state index contributed by atoms with van der Waals surface area (Å²) in [6.07, 6.45) is 1.50. The van der Waals surface area contributed by atoms with Crippen molar-refractivity contribution >= 4 is 39.6 Å². The van der Waals surface area contributed by atoms with Crippen LogP contribution in [0.25, 0.3) is 16.6 Å². The van der Waals surface area contributed by atoms with E-state index in [1.807, 2.05) is 42.7 Å². The number of nitrogens with zero attached hydrogens (tertiary/aromatic N) is 3. The number of rotatable bonds is 5. The van der Waals surface area contributed by atoms with Gasteiger partial charge in [-0.2, -0.15) is 0 Å². The summed E-state index contributed by atoms with van der Waals surface area (Å²) in [5, 5.41) is 9.80. The van der Waals surface area contributed by atoms with Crippen molar-refractivity contribution in [3.05, 3.63) is 77.7 Å². The largest absolute Gasteiger partial charge is 0.699 e. The van der Waals surface area contributed by atoms with Crippen molar-refractivity contribution in [2.45, 2.75) is 0 Å². The zero-order valence-electron chi connectivity index (χ0n) is 18.4. The Balaban J connectivity index is 0.000000274. The fraction of sp³-hybridized carbons (Fsp3) is 0.130. The van der Waals surface area contributed by atoms with E-state index in [4.69, 9.17) is 32.0 Å². The number of halogens is 1. The number of nitrogens with one attached hydrogen (secondary N) is 2. The zero-order valence-corrected chi connectivity index (χ0v) is 22.0. The molecule has 8 nitrogen and oxygen atoms in total. The van der Waals surface area contributed by atoms with Gasteiger partial charge in [0.05, 0.1) is 28.7 Å². The molecule has 0 saturated heterocycles. The first-order chi connectivity index (χ1) is 15.4. The third-order valence-electron chi connectivity index (χ3n) is 4.45. The average molecular weight is 542 g/mol. The van der Waals surface area contributed by atoms with Crippen LogP contribution in [0.2, 0.25) is 5.02 Å². The van der Waals surface area contributed by atoms with Crippen LogP contribution in [0.1, 0.15) is 0 Å². The van der Waals surface area contributed by atoms with E-state index in [2.05, 4.69) is 9.97 Å². The van der Waals surface area contributed by atoms with Gasteiger partial charge in [0.15, 0.2) is 0 Å². The number of ether oxygens (including phenoxy) is 2. The molecule has 3 aromatic carbocycles. The molecule has 33 heavy (non-hydrogen) atoms. The topological polar surface area (TPSA) is 104 Å².